The highest BCUT2D eigenvalue weighted by Crippen LogP contribution is 2.44. The number of hydrogen-bond acceptors (Lipinski definition) is 3. The normalized spacial score (nSPS) is 17.8. The first-order valence-electron chi connectivity index (χ1n) is 8.63. The molecule has 0 bridgehead atoms. The zero-order chi connectivity index (χ0) is 15.8. The third kappa shape index (κ3) is 3.25. The summed E-state index contributed by atoms with van der Waals surface area (Å²) >= 11 is 1.55. The second kappa shape index (κ2) is 6.19. The number of nitrogens with zero attached hydrogens (tertiary/aromatic N) is 2. The zero-order valence-electron chi connectivity index (χ0n) is 13.5. The lowest BCUT2D eigenvalue weighted by atomic mass is 10.1. The Labute approximate surface area is 141 Å². The van der Waals surface area contributed by atoms with Crippen molar-refractivity contribution >= 4 is 28.7 Å². The van der Waals surface area contributed by atoms with Crippen LogP contribution in [0.3, 0.4) is 0 Å². The molecule has 0 unspecified atom stereocenters. The van der Waals surface area contributed by atoms with Gasteiger partial charge in [0.2, 0.25) is 5.91 Å². The van der Waals surface area contributed by atoms with Gasteiger partial charge in [-0.05, 0) is 56.6 Å². The summed E-state index contributed by atoms with van der Waals surface area (Å²) in [5.74, 6) is 2.11. The van der Waals surface area contributed by atoms with Gasteiger partial charge in [0.25, 0.3) is 0 Å². The molecule has 1 aromatic heterocycles. The fourth-order valence-electron chi connectivity index (χ4n) is 3.36. The van der Waals surface area contributed by atoms with E-state index in [4.69, 9.17) is 0 Å². The van der Waals surface area contributed by atoms with Gasteiger partial charge in [0.15, 0.2) is 5.16 Å². The Morgan fingerprint density at radius 3 is 2.65 bits per heavy atom. The number of imidazole rings is 1. The molecule has 122 valence electrons. The van der Waals surface area contributed by atoms with Gasteiger partial charge in [-0.25, -0.2) is 4.98 Å². The molecular weight excluding hydrogens is 306 g/mol. The van der Waals surface area contributed by atoms with Gasteiger partial charge in [-0.2, -0.15) is 0 Å². The summed E-state index contributed by atoms with van der Waals surface area (Å²) in [4.78, 5) is 17.0. The number of amides is 1. The standard InChI is InChI=1S/C18H23N3OS/c1-2-21-15-6-4-3-5-14(15)19-18(21)23-11-16(22)20-17(12-7-8-12)13-9-10-13/h3-6,12-13,17H,2,7-11H2,1H3,(H,20,22). The fourth-order valence-corrected chi connectivity index (χ4v) is 4.25. The van der Waals surface area contributed by atoms with Crippen LogP contribution in [0.2, 0.25) is 0 Å². The van der Waals surface area contributed by atoms with E-state index in [9.17, 15) is 4.79 Å². The van der Waals surface area contributed by atoms with Crippen LogP contribution in [0.1, 0.15) is 32.6 Å². The molecule has 4 nitrogen and oxygen atoms in total. The molecule has 1 heterocycles. The highest BCUT2D eigenvalue weighted by molar-refractivity contribution is 7.99. The zero-order valence-corrected chi connectivity index (χ0v) is 14.3. The highest BCUT2D eigenvalue weighted by Gasteiger charge is 2.42. The Morgan fingerprint density at radius 1 is 1.30 bits per heavy atom. The first-order valence-corrected chi connectivity index (χ1v) is 9.62. The fraction of sp³-hybridized carbons (Fsp3) is 0.556. The summed E-state index contributed by atoms with van der Waals surface area (Å²) in [7, 11) is 0. The molecule has 0 radical (unpaired) electrons. The molecule has 1 aromatic carbocycles. The Balaban J connectivity index is 1.41. The third-order valence-corrected chi connectivity index (χ3v) is 5.83. The molecular formula is C18H23N3OS. The maximum atomic E-state index is 12.3. The number of carbonyl (C=O) groups excluding carboxylic acids is 1. The van der Waals surface area contributed by atoms with E-state index in [0.29, 0.717) is 11.8 Å². The summed E-state index contributed by atoms with van der Waals surface area (Å²) in [5.41, 5.74) is 2.15. The molecule has 5 heteroatoms. The van der Waals surface area contributed by atoms with Crippen molar-refractivity contribution in [1.29, 1.82) is 0 Å². The number of thioether (sulfide) groups is 1. The number of hydrogen-bond donors (Lipinski definition) is 1. The van der Waals surface area contributed by atoms with E-state index >= 15 is 0 Å². The maximum absolute atomic E-state index is 12.3. The number of benzene rings is 1. The molecule has 2 saturated carbocycles. The van der Waals surface area contributed by atoms with Crippen molar-refractivity contribution in [2.24, 2.45) is 11.8 Å². The third-order valence-electron chi connectivity index (χ3n) is 4.86. The minimum atomic E-state index is 0.161. The predicted molar refractivity (Wildman–Crippen MR) is 93.5 cm³/mol. The Bertz CT molecular complexity index is 706. The quantitative estimate of drug-likeness (QED) is 0.792. The van der Waals surface area contributed by atoms with E-state index in [2.05, 4.69) is 27.9 Å². The number of fused-ring (bicyclic) bond motifs is 1. The van der Waals surface area contributed by atoms with E-state index in [1.165, 1.54) is 25.7 Å². The maximum Gasteiger partial charge on any atom is 0.230 e. The molecule has 0 aliphatic heterocycles. The number of rotatable bonds is 7. The minimum absolute atomic E-state index is 0.161. The van der Waals surface area contributed by atoms with E-state index in [0.717, 1.165) is 34.6 Å². The first kappa shape index (κ1) is 15.1. The van der Waals surface area contributed by atoms with Crippen molar-refractivity contribution in [2.75, 3.05) is 5.75 Å². The van der Waals surface area contributed by atoms with Crippen LogP contribution in [0.15, 0.2) is 29.4 Å². The Morgan fingerprint density at radius 2 is 2.00 bits per heavy atom. The van der Waals surface area contributed by atoms with Crippen LogP contribution in [0.5, 0.6) is 0 Å². The highest BCUT2D eigenvalue weighted by atomic mass is 32.2. The SMILES string of the molecule is CCn1c(SCC(=O)NC(C2CC2)C2CC2)nc2ccccc21. The van der Waals surface area contributed by atoms with Crippen molar-refractivity contribution in [2.45, 2.75) is 50.4 Å². The van der Waals surface area contributed by atoms with Crippen molar-refractivity contribution in [3.05, 3.63) is 24.3 Å². The summed E-state index contributed by atoms with van der Waals surface area (Å²) in [6.45, 7) is 2.99. The number of nitrogens with one attached hydrogen (secondary N) is 1. The number of aryl methyl sites for hydroxylation is 1. The molecule has 1 N–H and O–H groups in total. The lowest BCUT2D eigenvalue weighted by Crippen LogP contribution is -2.39. The van der Waals surface area contributed by atoms with E-state index in [-0.39, 0.29) is 5.91 Å². The second-order valence-electron chi connectivity index (χ2n) is 6.68. The van der Waals surface area contributed by atoms with Gasteiger partial charge in [0.1, 0.15) is 0 Å². The molecule has 2 aliphatic carbocycles. The van der Waals surface area contributed by atoms with Gasteiger partial charge in [-0.15, -0.1) is 0 Å². The van der Waals surface area contributed by atoms with Gasteiger partial charge < -0.3 is 9.88 Å². The average molecular weight is 329 g/mol. The van der Waals surface area contributed by atoms with Gasteiger partial charge in [-0.3, -0.25) is 4.79 Å². The van der Waals surface area contributed by atoms with Crippen LogP contribution in [0.25, 0.3) is 11.0 Å². The monoisotopic (exact) mass is 329 g/mol. The van der Waals surface area contributed by atoms with Gasteiger partial charge in [0.05, 0.1) is 16.8 Å². The number of para-hydroxylation sites is 2. The molecule has 1 amide bonds. The van der Waals surface area contributed by atoms with Gasteiger partial charge in [-0.1, -0.05) is 23.9 Å². The lowest BCUT2D eigenvalue weighted by molar-refractivity contribution is -0.119. The van der Waals surface area contributed by atoms with Crippen molar-refractivity contribution in [3.63, 3.8) is 0 Å². The smallest absolute Gasteiger partial charge is 0.230 e. The minimum Gasteiger partial charge on any atom is -0.352 e. The van der Waals surface area contributed by atoms with Crippen LogP contribution in [0, 0.1) is 11.8 Å². The lowest BCUT2D eigenvalue weighted by Gasteiger charge is -2.17. The molecule has 23 heavy (non-hydrogen) atoms. The van der Waals surface area contributed by atoms with Crippen molar-refractivity contribution in [1.82, 2.24) is 14.9 Å². The first-order chi connectivity index (χ1) is 11.3. The number of carbonyl (C=O) groups is 1. The van der Waals surface area contributed by atoms with E-state index < -0.39 is 0 Å². The molecule has 2 fully saturated rings. The molecule has 2 aromatic rings. The van der Waals surface area contributed by atoms with E-state index in [1.54, 1.807) is 11.8 Å². The Hall–Kier alpha value is -1.49. The molecule has 0 spiro atoms. The average Bonchev–Trinajstić information content (AvgIpc) is 3.46. The van der Waals surface area contributed by atoms with Crippen LogP contribution in [-0.4, -0.2) is 27.3 Å². The topological polar surface area (TPSA) is 46.9 Å². The summed E-state index contributed by atoms with van der Waals surface area (Å²) in [6.07, 6.45) is 5.17. The van der Waals surface area contributed by atoms with Crippen molar-refractivity contribution < 1.29 is 4.79 Å². The van der Waals surface area contributed by atoms with E-state index in [1.807, 2.05) is 18.2 Å². The molecule has 0 atom stereocenters. The van der Waals surface area contributed by atoms with Gasteiger partial charge >= 0.3 is 0 Å². The van der Waals surface area contributed by atoms with Crippen LogP contribution < -0.4 is 5.32 Å². The largest absolute Gasteiger partial charge is 0.352 e. The predicted octanol–water partition coefficient (Wildman–Crippen LogP) is 3.45. The van der Waals surface area contributed by atoms with Crippen LogP contribution >= 0.6 is 11.8 Å². The Kier molecular flexibility index (Phi) is 4.05. The van der Waals surface area contributed by atoms with Gasteiger partial charge in [0, 0.05) is 12.6 Å². The molecule has 0 saturated heterocycles. The summed E-state index contributed by atoms with van der Waals surface area (Å²) in [5, 5.41) is 4.23. The van der Waals surface area contributed by atoms with Crippen LogP contribution in [0.4, 0.5) is 0 Å². The van der Waals surface area contributed by atoms with Crippen molar-refractivity contribution in [3.8, 4) is 0 Å². The number of aromatic nitrogens is 2. The molecule has 2 aliphatic rings. The molecule has 4 rings (SSSR count). The summed E-state index contributed by atoms with van der Waals surface area (Å²) < 4.78 is 2.19. The second-order valence-corrected chi connectivity index (χ2v) is 7.63. The van der Waals surface area contributed by atoms with Crippen LogP contribution in [-0.2, 0) is 11.3 Å². The summed E-state index contributed by atoms with van der Waals surface area (Å²) in [6, 6.07) is 8.60.